The van der Waals surface area contributed by atoms with Crippen LogP contribution < -0.4 is 5.32 Å². The SMILES string of the molecule is Cc1cc(Br)cc(C(=O)NC2CCC(=O)N(C)C2)c1. The molecule has 2 amide bonds. The number of piperidine rings is 1. The number of carbonyl (C=O) groups excluding carboxylic acids is 2. The van der Waals surface area contributed by atoms with Crippen molar-refractivity contribution in [1.82, 2.24) is 10.2 Å². The zero-order chi connectivity index (χ0) is 14.0. The molecule has 102 valence electrons. The summed E-state index contributed by atoms with van der Waals surface area (Å²) in [5.74, 6) is 0.0564. The fourth-order valence-electron chi connectivity index (χ4n) is 2.27. The number of hydrogen-bond acceptors (Lipinski definition) is 2. The van der Waals surface area contributed by atoms with E-state index >= 15 is 0 Å². The van der Waals surface area contributed by atoms with Crippen LogP contribution in [0.5, 0.6) is 0 Å². The summed E-state index contributed by atoms with van der Waals surface area (Å²) in [5, 5.41) is 2.99. The van der Waals surface area contributed by atoms with E-state index in [0.717, 1.165) is 10.0 Å². The molecule has 0 saturated carbocycles. The predicted molar refractivity (Wildman–Crippen MR) is 77.0 cm³/mol. The Bertz CT molecular complexity index is 496. The largest absolute Gasteiger partial charge is 0.348 e. The summed E-state index contributed by atoms with van der Waals surface area (Å²) >= 11 is 3.39. The maximum absolute atomic E-state index is 12.2. The van der Waals surface area contributed by atoms with Crippen molar-refractivity contribution in [3.05, 3.63) is 33.8 Å². The van der Waals surface area contributed by atoms with Gasteiger partial charge in [-0.15, -0.1) is 0 Å². The van der Waals surface area contributed by atoms with Crippen molar-refractivity contribution in [2.45, 2.75) is 25.8 Å². The summed E-state index contributed by atoms with van der Waals surface area (Å²) < 4.78 is 0.897. The van der Waals surface area contributed by atoms with Crippen LogP contribution in [0.4, 0.5) is 0 Å². The second kappa shape index (κ2) is 5.74. The maximum atomic E-state index is 12.2. The van der Waals surface area contributed by atoms with E-state index in [0.29, 0.717) is 24.9 Å². The smallest absolute Gasteiger partial charge is 0.251 e. The first-order valence-corrected chi connectivity index (χ1v) is 7.07. The topological polar surface area (TPSA) is 49.4 Å². The summed E-state index contributed by atoms with van der Waals surface area (Å²) in [6.07, 6.45) is 1.21. The van der Waals surface area contributed by atoms with Crippen molar-refractivity contribution in [2.75, 3.05) is 13.6 Å². The first-order valence-electron chi connectivity index (χ1n) is 6.28. The van der Waals surface area contributed by atoms with E-state index in [1.807, 2.05) is 19.1 Å². The lowest BCUT2D eigenvalue weighted by atomic mass is 10.0. The normalized spacial score (nSPS) is 19.4. The van der Waals surface area contributed by atoms with Crippen molar-refractivity contribution in [3.63, 3.8) is 0 Å². The van der Waals surface area contributed by atoms with Crippen LogP contribution >= 0.6 is 15.9 Å². The molecule has 1 aromatic carbocycles. The zero-order valence-electron chi connectivity index (χ0n) is 11.1. The summed E-state index contributed by atoms with van der Waals surface area (Å²) in [7, 11) is 1.77. The average Bonchev–Trinajstić information content (AvgIpc) is 2.32. The number of likely N-dealkylation sites (N-methyl/N-ethyl adjacent to an activating group) is 1. The zero-order valence-corrected chi connectivity index (χ0v) is 12.7. The van der Waals surface area contributed by atoms with Crippen LogP contribution in [0.1, 0.15) is 28.8 Å². The molecule has 1 saturated heterocycles. The molecule has 1 atom stereocenters. The van der Waals surface area contributed by atoms with E-state index < -0.39 is 0 Å². The Labute approximate surface area is 121 Å². The standard InChI is InChI=1S/C14H17BrN2O2/c1-9-5-10(7-11(15)6-9)14(19)16-12-3-4-13(18)17(2)8-12/h5-7,12H,3-4,8H2,1-2H3,(H,16,19). The third-order valence-corrected chi connectivity index (χ3v) is 3.72. The van der Waals surface area contributed by atoms with Gasteiger partial charge >= 0.3 is 0 Å². The van der Waals surface area contributed by atoms with Gasteiger partial charge in [0.2, 0.25) is 5.91 Å². The molecule has 1 N–H and O–H groups in total. The van der Waals surface area contributed by atoms with Crippen molar-refractivity contribution >= 4 is 27.7 Å². The van der Waals surface area contributed by atoms with Crippen LogP contribution in [0.15, 0.2) is 22.7 Å². The number of nitrogens with one attached hydrogen (secondary N) is 1. The summed E-state index contributed by atoms with van der Waals surface area (Å²) in [5.41, 5.74) is 1.68. The Hall–Kier alpha value is -1.36. The Morgan fingerprint density at radius 1 is 1.42 bits per heavy atom. The first-order chi connectivity index (χ1) is 8.95. The quantitative estimate of drug-likeness (QED) is 0.905. The minimum absolute atomic E-state index is 0.0366. The van der Waals surface area contributed by atoms with Crippen molar-refractivity contribution in [1.29, 1.82) is 0 Å². The molecule has 1 heterocycles. The van der Waals surface area contributed by atoms with E-state index in [2.05, 4.69) is 21.2 Å². The van der Waals surface area contributed by atoms with E-state index in [1.165, 1.54) is 0 Å². The first kappa shape index (κ1) is 14.1. The molecule has 1 fully saturated rings. The third-order valence-electron chi connectivity index (χ3n) is 3.27. The number of halogens is 1. The number of carbonyl (C=O) groups is 2. The molecule has 0 aromatic heterocycles. The lowest BCUT2D eigenvalue weighted by molar-refractivity contribution is -0.132. The molecule has 1 aromatic rings. The van der Waals surface area contributed by atoms with Crippen molar-refractivity contribution < 1.29 is 9.59 Å². The van der Waals surface area contributed by atoms with Crippen LogP contribution in [0, 0.1) is 6.92 Å². The average molecular weight is 325 g/mol. The fourth-order valence-corrected chi connectivity index (χ4v) is 2.87. The molecule has 1 unspecified atom stereocenters. The monoisotopic (exact) mass is 324 g/mol. The van der Waals surface area contributed by atoms with Crippen molar-refractivity contribution in [3.8, 4) is 0 Å². The van der Waals surface area contributed by atoms with Gasteiger partial charge in [0.25, 0.3) is 5.91 Å². The molecule has 19 heavy (non-hydrogen) atoms. The lowest BCUT2D eigenvalue weighted by Gasteiger charge is -2.30. The third kappa shape index (κ3) is 3.56. The molecule has 0 radical (unpaired) electrons. The molecule has 0 spiro atoms. The maximum Gasteiger partial charge on any atom is 0.251 e. The molecular weight excluding hydrogens is 308 g/mol. The van der Waals surface area contributed by atoms with Crippen LogP contribution in [-0.4, -0.2) is 36.3 Å². The van der Waals surface area contributed by atoms with Gasteiger partial charge in [-0.3, -0.25) is 9.59 Å². The number of benzene rings is 1. The Balaban J connectivity index is 2.03. The Kier molecular flexibility index (Phi) is 4.24. The summed E-state index contributed by atoms with van der Waals surface area (Å²) in [6, 6.07) is 5.66. The van der Waals surface area contributed by atoms with Gasteiger partial charge in [0.1, 0.15) is 0 Å². The van der Waals surface area contributed by atoms with E-state index in [9.17, 15) is 9.59 Å². The number of rotatable bonds is 2. The molecule has 5 heteroatoms. The lowest BCUT2D eigenvalue weighted by Crippen LogP contribution is -2.48. The second-order valence-electron chi connectivity index (χ2n) is 5.00. The minimum atomic E-state index is -0.0860. The van der Waals surface area contributed by atoms with E-state index in [-0.39, 0.29) is 17.9 Å². The molecule has 0 aliphatic carbocycles. The number of aryl methyl sites for hydroxylation is 1. The van der Waals surface area contributed by atoms with Gasteiger partial charge in [0, 0.05) is 36.1 Å². The Morgan fingerprint density at radius 3 is 2.79 bits per heavy atom. The second-order valence-corrected chi connectivity index (χ2v) is 5.92. The van der Waals surface area contributed by atoms with Crippen LogP contribution in [-0.2, 0) is 4.79 Å². The molecule has 1 aliphatic rings. The summed E-state index contributed by atoms with van der Waals surface area (Å²) in [4.78, 5) is 25.2. The molecule has 1 aliphatic heterocycles. The molecule has 4 nitrogen and oxygen atoms in total. The highest BCUT2D eigenvalue weighted by atomic mass is 79.9. The van der Waals surface area contributed by atoms with Crippen LogP contribution in [0.3, 0.4) is 0 Å². The van der Waals surface area contributed by atoms with Gasteiger partial charge < -0.3 is 10.2 Å². The summed E-state index contributed by atoms with van der Waals surface area (Å²) in [6.45, 7) is 2.53. The van der Waals surface area contributed by atoms with Gasteiger partial charge in [0.05, 0.1) is 0 Å². The highest BCUT2D eigenvalue weighted by Crippen LogP contribution is 2.16. The number of amides is 2. The molecule has 2 rings (SSSR count). The van der Waals surface area contributed by atoms with Gasteiger partial charge in [-0.2, -0.15) is 0 Å². The van der Waals surface area contributed by atoms with Gasteiger partial charge in [-0.1, -0.05) is 15.9 Å². The minimum Gasteiger partial charge on any atom is -0.348 e. The highest BCUT2D eigenvalue weighted by Gasteiger charge is 2.24. The molecule has 0 bridgehead atoms. The number of hydrogen-bond donors (Lipinski definition) is 1. The van der Waals surface area contributed by atoms with Gasteiger partial charge in [-0.05, 0) is 37.1 Å². The predicted octanol–water partition coefficient (Wildman–Crippen LogP) is 2.11. The van der Waals surface area contributed by atoms with Crippen molar-refractivity contribution in [2.24, 2.45) is 0 Å². The van der Waals surface area contributed by atoms with E-state index in [4.69, 9.17) is 0 Å². The van der Waals surface area contributed by atoms with E-state index in [1.54, 1.807) is 18.0 Å². The van der Waals surface area contributed by atoms with Gasteiger partial charge in [0.15, 0.2) is 0 Å². The van der Waals surface area contributed by atoms with Gasteiger partial charge in [-0.25, -0.2) is 0 Å². The number of likely N-dealkylation sites (tertiary alicyclic amines) is 1. The Morgan fingerprint density at radius 2 is 2.16 bits per heavy atom. The van der Waals surface area contributed by atoms with Crippen LogP contribution in [0.25, 0.3) is 0 Å². The fraction of sp³-hybridized carbons (Fsp3) is 0.429. The highest BCUT2D eigenvalue weighted by molar-refractivity contribution is 9.10. The molecular formula is C14H17BrN2O2. The van der Waals surface area contributed by atoms with Crippen LogP contribution in [0.2, 0.25) is 0 Å². The number of nitrogens with zero attached hydrogens (tertiary/aromatic N) is 1.